The summed E-state index contributed by atoms with van der Waals surface area (Å²) in [7, 11) is 4.40. The number of unbranched alkanes of at least 4 members (excludes halogenated alkanes) is 1. The Morgan fingerprint density at radius 3 is 2.60 bits per heavy atom. The molecule has 0 aromatic heterocycles. The zero-order valence-electron chi connectivity index (χ0n) is 10.9. The molecule has 1 aliphatic rings. The lowest BCUT2D eigenvalue weighted by atomic mass is 9.90. The monoisotopic (exact) mass is 216 g/mol. The van der Waals surface area contributed by atoms with Crippen LogP contribution in [-0.4, -0.2) is 44.8 Å². The van der Waals surface area contributed by atoms with Crippen molar-refractivity contribution in [3.05, 3.63) is 0 Å². The molecule has 0 aromatic carbocycles. The van der Waals surface area contributed by atoms with Gasteiger partial charge in [0.15, 0.2) is 13.0 Å². The zero-order valence-corrected chi connectivity index (χ0v) is 10.9. The van der Waals surface area contributed by atoms with Crippen LogP contribution in [-0.2, 0) is 9.47 Å². The Hall–Kier alpha value is -0.120. The first-order chi connectivity index (χ1) is 6.87. The number of hydrogen-bond acceptors (Lipinski definition) is 2. The molecule has 1 atom stereocenters. The van der Waals surface area contributed by atoms with Gasteiger partial charge in [0.1, 0.15) is 0 Å². The molecule has 0 bridgehead atoms. The lowest BCUT2D eigenvalue weighted by Gasteiger charge is -2.46. The van der Waals surface area contributed by atoms with Crippen molar-refractivity contribution in [1.82, 2.24) is 0 Å². The summed E-state index contributed by atoms with van der Waals surface area (Å²) in [5, 5.41) is 0. The summed E-state index contributed by atoms with van der Waals surface area (Å²) >= 11 is 0. The van der Waals surface area contributed by atoms with E-state index in [1.807, 2.05) is 0 Å². The molecule has 1 fully saturated rings. The zero-order chi connectivity index (χ0) is 11.5. The molecule has 0 aliphatic carbocycles. The largest absolute Gasteiger partial charge is 0.352 e. The van der Waals surface area contributed by atoms with Gasteiger partial charge in [0.2, 0.25) is 0 Å². The predicted octanol–water partition coefficient (Wildman–Crippen LogP) is 2.22. The summed E-state index contributed by atoms with van der Waals surface area (Å²) in [6, 6.07) is 0. The van der Waals surface area contributed by atoms with Gasteiger partial charge in [-0.25, -0.2) is 0 Å². The molecule has 0 saturated carbocycles. The van der Waals surface area contributed by atoms with Crippen LogP contribution in [0, 0.1) is 5.41 Å². The molecule has 90 valence electrons. The highest BCUT2D eigenvalue weighted by Gasteiger charge is 2.43. The fourth-order valence-electron chi connectivity index (χ4n) is 2.33. The van der Waals surface area contributed by atoms with E-state index in [0.29, 0.717) is 0 Å². The Bertz CT molecular complexity index is 202. The van der Waals surface area contributed by atoms with E-state index >= 15 is 0 Å². The highest BCUT2D eigenvalue weighted by Crippen LogP contribution is 2.32. The summed E-state index contributed by atoms with van der Waals surface area (Å²) in [5.41, 5.74) is 0.107. The lowest BCUT2D eigenvalue weighted by molar-refractivity contribution is -0.929. The molecule has 0 radical (unpaired) electrons. The van der Waals surface area contributed by atoms with Gasteiger partial charge in [-0.15, -0.1) is 0 Å². The summed E-state index contributed by atoms with van der Waals surface area (Å²) in [6.45, 7) is 9.30. The van der Waals surface area contributed by atoms with E-state index in [-0.39, 0.29) is 11.7 Å². The van der Waals surface area contributed by atoms with Gasteiger partial charge >= 0.3 is 0 Å². The smallest absolute Gasteiger partial charge is 0.185 e. The van der Waals surface area contributed by atoms with E-state index in [0.717, 1.165) is 30.8 Å². The first-order valence-electron chi connectivity index (χ1n) is 5.92. The fraction of sp³-hybridized carbons (Fsp3) is 1.00. The number of quaternary nitrogens is 1. The maximum atomic E-state index is 5.81. The van der Waals surface area contributed by atoms with E-state index < -0.39 is 0 Å². The van der Waals surface area contributed by atoms with Gasteiger partial charge in [-0.05, 0) is 20.3 Å². The second-order valence-electron chi connectivity index (χ2n) is 5.93. The predicted molar refractivity (Wildman–Crippen MR) is 61.4 cm³/mol. The third-order valence-electron chi connectivity index (χ3n) is 2.82. The molecule has 0 unspecified atom stereocenters. The minimum atomic E-state index is -0.0322. The summed E-state index contributed by atoms with van der Waals surface area (Å²) in [5.74, 6) is 0. The molecule has 0 spiro atoms. The molecule has 0 amide bonds. The Labute approximate surface area is 93.9 Å². The second-order valence-corrected chi connectivity index (χ2v) is 5.93. The van der Waals surface area contributed by atoms with Gasteiger partial charge in [0.05, 0.1) is 26.1 Å². The van der Waals surface area contributed by atoms with Crippen molar-refractivity contribution >= 4 is 0 Å². The Kier molecular flexibility index (Phi) is 4.15. The average Bonchev–Trinajstić information content (AvgIpc) is 2.06. The third-order valence-corrected chi connectivity index (χ3v) is 2.82. The molecule has 0 aromatic rings. The molecular weight excluding hydrogens is 190 g/mol. The molecular formula is C12H26NO2+. The number of ether oxygens (including phenoxy) is 2. The average molecular weight is 216 g/mol. The summed E-state index contributed by atoms with van der Waals surface area (Å²) < 4.78 is 12.5. The van der Waals surface area contributed by atoms with E-state index in [4.69, 9.17) is 9.47 Å². The van der Waals surface area contributed by atoms with Gasteiger partial charge in [-0.1, -0.05) is 13.3 Å². The SMILES string of the molecule is CCCCO[C@H]1OC[N+](C)(C)CC1(C)C. The quantitative estimate of drug-likeness (QED) is 0.530. The van der Waals surface area contributed by atoms with Crippen LogP contribution in [0.15, 0.2) is 0 Å². The molecule has 3 heteroatoms. The van der Waals surface area contributed by atoms with Crippen molar-refractivity contribution in [2.75, 3.05) is 34.0 Å². The first-order valence-corrected chi connectivity index (χ1v) is 5.92. The summed E-state index contributed by atoms with van der Waals surface area (Å²) in [4.78, 5) is 0. The minimum Gasteiger partial charge on any atom is -0.352 e. The molecule has 15 heavy (non-hydrogen) atoms. The van der Waals surface area contributed by atoms with Crippen molar-refractivity contribution in [2.45, 2.75) is 39.9 Å². The van der Waals surface area contributed by atoms with Crippen LogP contribution in [0.25, 0.3) is 0 Å². The van der Waals surface area contributed by atoms with Crippen molar-refractivity contribution in [1.29, 1.82) is 0 Å². The maximum absolute atomic E-state index is 5.81. The second kappa shape index (κ2) is 4.81. The Morgan fingerprint density at radius 1 is 1.40 bits per heavy atom. The van der Waals surface area contributed by atoms with Crippen LogP contribution in [0.2, 0.25) is 0 Å². The van der Waals surface area contributed by atoms with Crippen molar-refractivity contribution in [3.63, 3.8) is 0 Å². The van der Waals surface area contributed by atoms with Gasteiger partial charge < -0.3 is 14.0 Å². The van der Waals surface area contributed by atoms with Crippen LogP contribution in [0.4, 0.5) is 0 Å². The molecule has 1 rings (SSSR count). The minimum absolute atomic E-state index is 0.0322. The standard InChI is InChI=1S/C12H26NO2/c1-6-7-8-14-11-12(2,3)9-13(4,5)10-15-11/h11H,6-10H2,1-5H3/q+1/t11-/m0/s1. The number of rotatable bonds is 4. The Balaban J connectivity index is 2.45. The molecule has 1 saturated heterocycles. The summed E-state index contributed by atoms with van der Waals surface area (Å²) in [6.07, 6.45) is 2.26. The van der Waals surface area contributed by atoms with E-state index in [9.17, 15) is 0 Å². The maximum Gasteiger partial charge on any atom is 0.185 e. The molecule has 0 N–H and O–H groups in total. The number of nitrogens with zero attached hydrogens (tertiary/aromatic N) is 1. The normalized spacial score (nSPS) is 29.0. The number of hydrogen-bond donors (Lipinski definition) is 0. The molecule has 1 heterocycles. The van der Waals surface area contributed by atoms with E-state index in [1.54, 1.807) is 0 Å². The van der Waals surface area contributed by atoms with Gasteiger partial charge in [-0.2, -0.15) is 0 Å². The van der Waals surface area contributed by atoms with Crippen LogP contribution < -0.4 is 0 Å². The van der Waals surface area contributed by atoms with Crippen molar-refractivity contribution < 1.29 is 14.0 Å². The Morgan fingerprint density at radius 2 is 2.07 bits per heavy atom. The lowest BCUT2D eigenvalue weighted by Crippen LogP contribution is -2.58. The van der Waals surface area contributed by atoms with Crippen LogP contribution in [0.5, 0.6) is 0 Å². The highest BCUT2D eigenvalue weighted by molar-refractivity contribution is 4.74. The molecule has 1 aliphatic heterocycles. The van der Waals surface area contributed by atoms with Gasteiger partial charge in [-0.3, -0.25) is 0 Å². The van der Waals surface area contributed by atoms with Crippen LogP contribution in [0.3, 0.4) is 0 Å². The highest BCUT2D eigenvalue weighted by atomic mass is 16.7. The topological polar surface area (TPSA) is 18.5 Å². The fourth-order valence-corrected chi connectivity index (χ4v) is 2.33. The third kappa shape index (κ3) is 3.74. The van der Waals surface area contributed by atoms with E-state index in [1.165, 1.54) is 6.42 Å². The van der Waals surface area contributed by atoms with Crippen molar-refractivity contribution in [3.8, 4) is 0 Å². The van der Waals surface area contributed by atoms with Crippen LogP contribution in [0.1, 0.15) is 33.6 Å². The molecule has 3 nitrogen and oxygen atoms in total. The first kappa shape index (κ1) is 12.9. The van der Waals surface area contributed by atoms with Crippen LogP contribution >= 0.6 is 0 Å². The van der Waals surface area contributed by atoms with E-state index in [2.05, 4.69) is 34.9 Å². The van der Waals surface area contributed by atoms with Gasteiger partial charge in [0.25, 0.3) is 0 Å². The van der Waals surface area contributed by atoms with Gasteiger partial charge in [0, 0.05) is 6.61 Å². The van der Waals surface area contributed by atoms with Crippen molar-refractivity contribution in [2.24, 2.45) is 5.41 Å².